The molecule has 1 atom stereocenters. The Labute approximate surface area is 214 Å². The Balaban J connectivity index is 1.61. The number of Topliss-reactive ketones (excluding diaryl/α,β-unsaturated/α-hetero) is 1. The van der Waals surface area contributed by atoms with Crippen LogP contribution in [0.3, 0.4) is 0 Å². The lowest BCUT2D eigenvalue weighted by molar-refractivity contribution is -0.131. The number of methoxy groups -OCH3 is 2. The normalized spacial score (nSPS) is 18.2. The fourth-order valence-corrected chi connectivity index (χ4v) is 6.22. The molecule has 8 heteroatoms. The van der Waals surface area contributed by atoms with Crippen LogP contribution in [0.4, 0.5) is 0 Å². The molecule has 5 rings (SSSR count). The van der Waals surface area contributed by atoms with Crippen molar-refractivity contribution in [2.24, 2.45) is 0 Å². The van der Waals surface area contributed by atoms with Gasteiger partial charge in [0.15, 0.2) is 17.3 Å². The van der Waals surface area contributed by atoms with Crippen molar-refractivity contribution in [3.8, 4) is 22.1 Å². The van der Waals surface area contributed by atoms with Crippen LogP contribution in [-0.2, 0) is 4.79 Å². The van der Waals surface area contributed by atoms with Gasteiger partial charge in [0, 0.05) is 11.6 Å². The third kappa shape index (κ3) is 4.05. The van der Waals surface area contributed by atoms with Crippen LogP contribution in [0.5, 0.6) is 11.5 Å². The smallest absolute Gasteiger partial charge is 0.290 e. The SMILES string of the molecule is COc1ccc(C2C(C(=O)c3sc(-c4ccccc4)nc3C)=C(O)C(=O)N2C2CCCC2)cc1OC. The molecule has 1 saturated carbocycles. The van der Waals surface area contributed by atoms with Gasteiger partial charge in [-0.05, 0) is 37.5 Å². The summed E-state index contributed by atoms with van der Waals surface area (Å²) in [7, 11) is 3.10. The predicted molar refractivity (Wildman–Crippen MR) is 138 cm³/mol. The first-order valence-corrected chi connectivity index (χ1v) is 12.8. The number of thiazole rings is 1. The van der Waals surface area contributed by atoms with Gasteiger partial charge in [0.2, 0.25) is 5.78 Å². The highest BCUT2D eigenvalue weighted by molar-refractivity contribution is 7.17. The second kappa shape index (κ2) is 9.78. The van der Waals surface area contributed by atoms with Crippen LogP contribution >= 0.6 is 11.3 Å². The number of ketones is 1. The number of benzene rings is 2. The van der Waals surface area contributed by atoms with Crippen LogP contribution in [0.1, 0.15) is 52.7 Å². The van der Waals surface area contributed by atoms with Gasteiger partial charge in [-0.15, -0.1) is 11.3 Å². The molecule has 1 N–H and O–H groups in total. The van der Waals surface area contributed by atoms with Crippen LogP contribution in [0, 0.1) is 6.92 Å². The molecule has 3 aromatic rings. The molecule has 1 amide bonds. The zero-order valence-corrected chi connectivity index (χ0v) is 21.3. The van der Waals surface area contributed by atoms with Crippen molar-refractivity contribution in [2.75, 3.05) is 14.2 Å². The first kappa shape index (κ1) is 24.1. The van der Waals surface area contributed by atoms with E-state index in [4.69, 9.17) is 9.47 Å². The molecule has 2 aromatic carbocycles. The van der Waals surface area contributed by atoms with Gasteiger partial charge in [0.25, 0.3) is 5.91 Å². The van der Waals surface area contributed by atoms with Crippen LogP contribution in [-0.4, -0.2) is 46.9 Å². The Morgan fingerprint density at radius 3 is 2.42 bits per heavy atom. The van der Waals surface area contributed by atoms with Gasteiger partial charge in [0.05, 0.1) is 36.4 Å². The van der Waals surface area contributed by atoms with Crippen molar-refractivity contribution in [2.45, 2.75) is 44.7 Å². The van der Waals surface area contributed by atoms with Gasteiger partial charge < -0.3 is 19.5 Å². The topological polar surface area (TPSA) is 89.0 Å². The number of aryl methyl sites for hydroxylation is 1. The number of carbonyl (C=O) groups is 2. The summed E-state index contributed by atoms with van der Waals surface area (Å²) in [5.74, 6) is -0.327. The summed E-state index contributed by atoms with van der Waals surface area (Å²) in [6, 6.07) is 14.2. The molecular formula is C28H28N2O5S. The summed E-state index contributed by atoms with van der Waals surface area (Å²) in [5, 5.41) is 11.8. The van der Waals surface area contributed by atoms with E-state index in [9.17, 15) is 14.7 Å². The standard InChI is InChI=1S/C28H28N2O5S/c1-16-26(36-27(29-16)17-9-5-4-6-10-17)24(31)22-23(18-13-14-20(34-2)21(15-18)35-3)30(28(33)25(22)32)19-11-7-8-12-19/h4-6,9-10,13-15,19,23,32H,7-8,11-12H2,1-3H3. The minimum Gasteiger partial charge on any atom is -0.503 e. The second-order valence-electron chi connectivity index (χ2n) is 9.06. The molecule has 7 nitrogen and oxygen atoms in total. The predicted octanol–water partition coefficient (Wildman–Crippen LogP) is 5.66. The number of aromatic nitrogens is 1. The van der Waals surface area contributed by atoms with E-state index in [0.717, 1.165) is 36.3 Å². The van der Waals surface area contributed by atoms with Gasteiger partial charge in [0.1, 0.15) is 5.01 Å². The maximum absolute atomic E-state index is 14.0. The van der Waals surface area contributed by atoms with Crippen molar-refractivity contribution in [3.63, 3.8) is 0 Å². The summed E-state index contributed by atoms with van der Waals surface area (Å²) in [5.41, 5.74) is 2.26. The Hall–Kier alpha value is -3.65. The van der Waals surface area contributed by atoms with E-state index in [-0.39, 0.29) is 17.4 Å². The first-order valence-electron chi connectivity index (χ1n) is 12.0. The van der Waals surface area contributed by atoms with E-state index in [2.05, 4.69) is 4.98 Å². The van der Waals surface area contributed by atoms with E-state index in [1.165, 1.54) is 11.3 Å². The molecule has 1 unspecified atom stereocenters. The average molecular weight is 505 g/mol. The number of rotatable bonds is 7. The first-order chi connectivity index (χ1) is 17.4. The molecule has 36 heavy (non-hydrogen) atoms. The number of carbonyl (C=O) groups excluding carboxylic acids is 2. The third-order valence-corrected chi connectivity index (χ3v) is 8.16. The summed E-state index contributed by atoms with van der Waals surface area (Å²) < 4.78 is 10.9. The lowest BCUT2D eigenvalue weighted by Gasteiger charge is -2.32. The number of amides is 1. The molecule has 1 aromatic heterocycles. The minimum absolute atomic E-state index is 0.0505. The van der Waals surface area contributed by atoms with Gasteiger partial charge in [-0.2, -0.15) is 0 Å². The highest BCUT2D eigenvalue weighted by Crippen LogP contribution is 2.46. The Morgan fingerprint density at radius 1 is 1.06 bits per heavy atom. The number of aliphatic hydroxyl groups excluding tert-OH is 1. The van der Waals surface area contributed by atoms with Crippen LogP contribution in [0.25, 0.3) is 10.6 Å². The number of hydrogen-bond donors (Lipinski definition) is 1. The average Bonchev–Trinajstić information content (AvgIpc) is 3.63. The summed E-state index contributed by atoms with van der Waals surface area (Å²) in [6.07, 6.45) is 3.68. The molecule has 2 heterocycles. The lowest BCUT2D eigenvalue weighted by Crippen LogP contribution is -2.38. The van der Waals surface area contributed by atoms with Crippen molar-refractivity contribution < 1.29 is 24.2 Å². The Kier molecular flexibility index (Phi) is 6.53. The maximum Gasteiger partial charge on any atom is 0.290 e. The zero-order valence-electron chi connectivity index (χ0n) is 20.5. The van der Waals surface area contributed by atoms with Gasteiger partial charge in [-0.25, -0.2) is 4.98 Å². The third-order valence-electron chi connectivity index (χ3n) is 6.95. The number of ether oxygens (including phenoxy) is 2. The van der Waals surface area contributed by atoms with Crippen molar-refractivity contribution in [3.05, 3.63) is 76.0 Å². The molecule has 0 bridgehead atoms. The molecule has 1 aliphatic heterocycles. The number of hydrogen-bond acceptors (Lipinski definition) is 7. The van der Waals surface area contributed by atoms with Crippen LogP contribution in [0.2, 0.25) is 0 Å². The molecule has 1 aliphatic carbocycles. The summed E-state index contributed by atoms with van der Waals surface area (Å²) in [6.45, 7) is 1.78. The highest BCUT2D eigenvalue weighted by atomic mass is 32.1. The van der Waals surface area contributed by atoms with Crippen molar-refractivity contribution >= 4 is 23.0 Å². The molecular weight excluding hydrogens is 476 g/mol. The fourth-order valence-electron chi connectivity index (χ4n) is 5.20. The lowest BCUT2D eigenvalue weighted by atomic mass is 9.94. The molecule has 2 aliphatic rings. The Morgan fingerprint density at radius 2 is 1.75 bits per heavy atom. The maximum atomic E-state index is 14.0. The molecule has 1 fully saturated rings. The summed E-state index contributed by atoms with van der Waals surface area (Å²) >= 11 is 1.27. The summed E-state index contributed by atoms with van der Waals surface area (Å²) in [4.78, 5) is 34.1. The molecule has 0 radical (unpaired) electrons. The minimum atomic E-state index is -0.727. The second-order valence-corrected chi connectivity index (χ2v) is 10.1. The van der Waals surface area contributed by atoms with E-state index in [1.807, 2.05) is 36.4 Å². The van der Waals surface area contributed by atoms with Crippen LogP contribution in [0.15, 0.2) is 59.9 Å². The highest BCUT2D eigenvalue weighted by Gasteiger charge is 2.47. The quantitative estimate of drug-likeness (QED) is 0.418. The van der Waals surface area contributed by atoms with Gasteiger partial charge in [-0.3, -0.25) is 9.59 Å². The number of nitrogens with zero attached hydrogens (tertiary/aromatic N) is 2. The molecule has 0 saturated heterocycles. The van der Waals surface area contributed by atoms with Gasteiger partial charge in [-0.1, -0.05) is 49.2 Å². The van der Waals surface area contributed by atoms with Crippen molar-refractivity contribution in [1.29, 1.82) is 0 Å². The van der Waals surface area contributed by atoms with Crippen molar-refractivity contribution in [1.82, 2.24) is 9.88 Å². The largest absolute Gasteiger partial charge is 0.503 e. The fraction of sp³-hybridized carbons (Fsp3) is 0.321. The number of aliphatic hydroxyl groups is 1. The van der Waals surface area contributed by atoms with E-state index in [0.29, 0.717) is 27.6 Å². The van der Waals surface area contributed by atoms with Crippen LogP contribution < -0.4 is 9.47 Å². The zero-order chi connectivity index (χ0) is 25.4. The van der Waals surface area contributed by atoms with E-state index < -0.39 is 17.7 Å². The molecule has 186 valence electrons. The monoisotopic (exact) mass is 504 g/mol. The van der Waals surface area contributed by atoms with E-state index >= 15 is 0 Å². The van der Waals surface area contributed by atoms with Gasteiger partial charge >= 0.3 is 0 Å². The Bertz CT molecular complexity index is 1340. The van der Waals surface area contributed by atoms with E-state index in [1.54, 1.807) is 38.2 Å². The molecule has 0 spiro atoms.